The molecule has 2 heterocycles. The Morgan fingerprint density at radius 3 is 2.95 bits per heavy atom. The van der Waals surface area contributed by atoms with Gasteiger partial charge in [0, 0.05) is 24.0 Å². The minimum Gasteiger partial charge on any atom is -0.339 e. The number of carbonyl (C=O) groups is 1. The first kappa shape index (κ1) is 14.5. The van der Waals surface area contributed by atoms with E-state index in [1.807, 2.05) is 7.05 Å². The second kappa shape index (κ2) is 6.53. The number of piperidine rings is 1. The number of likely N-dealkylation sites (tertiary alicyclic amines) is 1. The van der Waals surface area contributed by atoms with Crippen LogP contribution in [-0.4, -0.2) is 41.9 Å². The molecule has 0 radical (unpaired) electrons. The van der Waals surface area contributed by atoms with E-state index in [1.165, 1.54) is 16.9 Å². The molecule has 0 bridgehead atoms. The van der Waals surface area contributed by atoms with Gasteiger partial charge in [0.2, 0.25) is 5.91 Å². The highest BCUT2D eigenvalue weighted by molar-refractivity contribution is 7.10. The number of aryl methyl sites for hydroxylation is 1. The summed E-state index contributed by atoms with van der Waals surface area (Å²) >= 11 is 1.77. The molecule has 1 saturated heterocycles. The molecule has 0 aliphatic carbocycles. The molecule has 19 heavy (non-hydrogen) atoms. The Morgan fingerprint density at radius 2 is 2.32 bits per heavy atom. The van der Waals surface area contributed by atoms with Crippen molar-refractivity contribution in [1.82, 2.24) is 9.80 Å². The molecule has 1 unspecified atom stereocenters. The first-order chi connectivity index (χ1) is 9.08. The van der Waals surface area contributed by atoms with Crippen LogP contribution in [0.15, 0.2) is 11.4 Å². The van der Waals surface area contributed by atoms with Crippen molar-refractivity contribution >= 4 is 17.2 Å². The summed E-state index contributed by atoms with van der Waals surface area (Å²) in [5.41, 5.74) is 1.33. The maximum atomic E-state index is 12.3. The number of amides is 1. The number of carbonyl (C=O) groups excluding carboxylic acids is 1. The van der Waals surface area contributed by atoms with E-state index < -0.39 is 0 Å². The lowest BCUT2D eigenvalue weighted by Crippen LogP contribution is -2.46. The van der Waals surface area contributed by atoms with Crippen molar-refractivity contribution in [2.75, 3.05) is 20.1 Å². The second-order valence-corrected chi connectivity index (χ2v) is 6.63. The highest BCUT2D eigenvalue weighted by Gasteiger charge is 2.23. The van der Waals surface area contributed by atoms with Crippen LogP contribution in [-0.2, 0) is 11.3 Å². The molecule has 0 aromatic carbocycles. The molecule has 1 aromatic rings. The van der Waals surface area contributed by atoms with E-state index in [2.05, 4.69) is 35.1 Å². The SMILES string of the molecule is Cc1ccsc1CN(C)CC(=O)N1CCCCC1C. The quantitative estimate of drug-likeness (QED) is 0.846. The monoisotopic (exact) mass is 280 g/mol. The zero-order valence-corrected chi connectivity index (χ0v) is 13.0. The van der Waals surface area contributed by atoms with E-state index in [0.717, 1.165) is 25.9 Å². The first-order valence-corrected chi connectivity index (χ1v) is 7.97. The maximum absolute atomic E-state index is 12.3. The smallest absolute Gasteiger partial charge is 0.236 e. The van der Waals surface area contributed by atoms with Crippen molar-refractivity contribution in [2.24, 2.45) is 0 Å². The van der Waals surface area contributed by atoms with Crippen molar-refractivity contribution < 1.29 is 4.79 Å². The summed E-state index contributed by atoms with van der Waals surface area (Å²) in [6.45, 7) is 6.64. The zero-order chi connectivity index (χ0) is 13.8. The van der Waals surface area contributed by atoms with Crippen molar-refractivity contribution in [3.8, 4) is 0 Å². The minimum atomic E-state index is 0.281. The fourth-order valence-electron chi connectivity index (χ4n) is 2.66. The second-order valence-electron chi connectivity index (χ2n) is 5.63. The van der Waals surface area contributed by atoms with Crippen LogP contribution < -0.4 is 0 Å². The number of hydrogen-bond acceptors (Lipinski definition) is 3. The van der Waals surface area contributed by atoms with Gasteiger partial charge in [-0.3, -0.25) is 9.69 Å². The molecule has 0 N–H and O–H groups in total. The van der Waals surface area contributed by atoms with Crippen LogP contribution in [0.4, 0.5) is 0 Å². The van der Waals surface area contributed by atoms with Gasteiger partial charge in [0.15, 0.2) is 0 Å². The largest absolute Gasteiger partial charge is 0.339 e. The third-order valence-corrected chi connectivity index (χ3v) is 4.92. The van der Waals surface area contributed by atoms with Gasteiger partial charge < -0.3 is 4.90 Å². The molecule has 0 saturated carbocycles. The molecular formula is C15H24N2OS. The standard InChI is InChI=1S/C15H24N2OS/c1-12-7-9-19-14(12)10-16(3)11-15(18)17-8-5-4-6-13(17)2/h7,9,13H,4-6,8,10-11H2,1-3H3. The molecule has 1 fully saturated rings. The molecule has 1 amide bonds. The molecule has 0 spiro atoms. The molecule has 1 aliphatic rings. The van der Waals surface area contributed by atoms with E-state index in [1.54, 1.807) is 11.3 Å². The zero-order valence-electron chi connectivity index (χ0n) is 12.2. The summed E-state index contributed by atoms with van der Waals surface area (Å²) in [6.07, 6.45) is 3.57. The van der Waals surface area contributed by atoms with Crippen LogP contribution in [0.3, 0.4) is 0 Å². The average molecular weight is 280 g/mol. The summed E-state index contributed by atoms with van der Waals surface area (Å²) in [5, 5.41) is 2.12. The summed E-state index contributed by atoms with van der Waals surface area (Å²) in [6, 6.07) is 2.56. The van der Waals surface area contributed by atoms with Gasteiger partial charge in [-0.05, 0) is 57.2 Å². The van der Waals surface area contributed by atoms with Crippen LogP contribution in [0.1, 0.15) is 36.6 Å². The van der Waals surface area contributed by atoms with Crippen molar-refractivity contribution in [3.05, 3.63) is 21.9 Å². The lowest BCUT2D eigenvalue weighted by atomic mass is 10.0. The summed E-state index contributed by atoms with van der Waals surface area (Å²) in [4.78, 5) is 17.9. The summed E-state index contributed by atoms with van der Waals surface area (Å²) in [5.74, 6) is 0.281. The summed E-state index contributed by atoms with van der Waals surface area (Å²) < 4.78 is 0. The Labute approximate surface area is 120 Å². The maximum Gasteiger partial charge on any atom is 0.236 e. The lowest BCUT2D eigenvalue weighted by molar-refractivity contribution is -0.135. The van der Waals surface area contributed by atoms with E-state index in [4.69, 9.17) is 0 Å². The highest BCUT2D eigenvalue weighted by atomic mass is 32.1. The van der Waals surface area contributed by atoms with Gasteiger partial charge in [-0.25, -0.2) is 0 Å². The van der Waals surface area contributed by atoms with E-state index in [0.29, 0.717) is 12.6 Å². The molecule has 1 atom stereocenters. The molecular weight excluding hydrogens is 256 g/mol. The van der Waals surface area contributed by atoms with E-state index in [-0.39, 0.29) is 5.91 Å². The van der Waals surface area contributed by atoms with Crippen LogP contribution in [0.5, 0.6) is 0 Å². The fraction of sp³-hybridized carbons (Fsp3) is 0.667. The third kappa shape index (κ3) is 3.80. The van der Waals surface area contributed by atoms with Gasteiger partial charge in [-0.2, -0.15) is 0 Å². The number of thiophene rings is 1. The van der Waals surface area contributed by atoms with Crippen LogP contribution >= 0.6 is 11.3 Å². The predicted molar refractivity (Wildman–Crippen MR) is 80.4 cm³/mol. The topological polar surface area (TPSA) is 23.6 Å². The van der Waals surface area contributed by atoms with Gasteiger partial charge in [0.25, 0.3) is 0 Å². The van der Waals surface area contributed by atoms with Crippen LogP contribution in [0, 0.1) is 6.92 Å². The van der Waals surface area contributed by atoms with E-state index >= 15 is 0 Å². The Hall–Kier alpha value is -0.870. The van der Waals surface area contributed by atoms with Gasteiger partial charge in [-0.1, -0.05) is 0 Å². The molecule has 106 valence electrons. The van der Waals surface area contributed by atoms with Crippen LogP contribution in [0.2, 0.25) is 0 Å². The minimum absolute atomic E-state index is 0.281. The van der Waals surface area contributed by atoms with Gasteiger partial charge in [-0.15, -0.1) is 11.3 Å². The third-order valence-electron chi connectivity index (χ3n) is 3.91. The van der Waals surface area contributed by atoms with Gasteiger partial charge in [0.05, 0.1) is 6.54 Å². The highest BCUT2D eigenvalue weighted by Crippen LogP contribution is 2.19. The average Bonchev–Trinajstić information content (AvgIpc) is 2.75. The number of likely N-dealkylation sites (N-methyl/N-ethyl adjacent to an activating group) is 1. The van der Waals surface area contributed by atoms with Gasteiger partial charge in [0.1, 0.15) is 0 Å². The Morgan fingerprint density at radius 1 is 1.53 bits per heavy atom. The number of nitrogens with zero attached hydrogens (tertiary/aromatic N) is 2. The van der Waals surface area contributed by atoms with Gasteiger partial charge >= 0.3 is 0 Å². The Bertz CT molecular complexity index is 430. The molecule has 2 rings (SSSR count). The number of rotatable bonds is 4. The molecule has 3 nitrogen and oxygen atoms in total. The molecule has 1 aliphatic heterocycles. The van der Waals surface area contributed by atoms with Crippen molar-refractivity contribution in [3.63, 3.8) is 0 Å². The molecule has 1 aromatic heterocycles. The fourth-order valence-corrected chi connectivity index (χ4v) is 3.64. The summed E-state index contributed by atoms with van der Waals surface area (Å²) in [7, 11) is 2.03. The number of hydrogen-bond donors (Lipinski definition) is 0. The lowest BCUT2D eigenvalue weighted by Gasteiger charge is -2.34. The first-order valence-electron chi connectivity index (χ1n) is 7.09. The Balaban J connectivity index is 1.86. The predicted octanol–water partition coefficient (Wildman–Crippen LogP) is 2.89. The van der Waals surface area contributed by atoms with Crippen LogP contribution in [0.25, 0.3) is 0 Å². The molecule has 4 heteroatoms. The normalized spacial score (nSPS) is 20.0. The Kier molecular flexibility index (Phi) is 4.99. The van der Waals surface area contributed by atoms with Crippen molar-refractivity contribution in [2.45, 2.75) is 45.7 Å². The van der Waals surface area contributed by atoms with Crippen molar-refractivity contribution in [1.29, 1.82) is 0 Å². The van der Waals surface area contributed by atoms with E-state index in [9.17, 15) is 4.79 Å².